The summed E-state index contributed by atoms with van der Waals surface area (Å²) in [5.74, 6) is 0.139. The molecule has 128 valence electrons. The second-order valence-electron chi connectivity index (χ2n) is 8.50. The fourth-order valence-corrected chi connectivity index (χ4v) is 4.15. The minimum Gasteiger partial charge on any atom is -0.414 e. The van der Waals surface area contributed by atoms with Gasteiger partial charge >= 0.3 is 0 Å². The van der Waals surface area contributed by atoms with E-state index in [1.807, 2.05) is 6.92 Å². The van der Waals surface area contributed by atoms with Crippen LogP contribution in [0.2, 0.25) is 18.1 Å². The maximum absolute atomic E-state index is 12.2. The van der Waals surface area contributed by atoms with Crippen molar-refractivity contribution < 1.29 is 14.3 Å². The van der Waals surface area contributed by atoms with Gasteiger partial charge in [-0.1, -0.05) is 40.7 Å². The molecular formula is C18H34O3Si. The molecule has 3 unspecified atom stereocenters. The molecular weight excluding hydrogens is 292 g/mol. The normalized spacial score (nSPS) is 28.0. The summed E-state index contributed by atoms with van der Waals surface area (Å²) in [6, 6.07) is 0. The van der Waals surface area contributed by atoms with E-state index in [0.29, 0.717) is 6.42 Å². The van der Waals surface area contributed by atoms with E-state index in [0.717, 1.165) is 19.3 Å². The van der Waals surface area contributed by atoms with E-state index in [2.05, 4.69) is 40.8 Å². The van der Waals surface area contributed by atoms with Gasteiger partial charge in [0.05, 0.1) is 6.10 Å². The van der Waals surface area contributed by atoms with E-state index in [4.69, 9.17) is 4.43 Å². The van der Waals surface area contributed by atoms with Crippen molar-refractivity contribution in [1.82, 2.24) is 0 Å². The first kappa shape index (κ1) is 19.6. The average molecular weight is 327 g/mol. The molecule has 0 fully saturated rings. The lowest BCUT2D eigenvalue weighted by atomic mass is 9.73. The molecule has 0 heterocycles. The van der Waals surface area contributed by atoms with Crippen LogP contribution >= 0.6 is 0 Å². The zero-order chi connectivity index (χ0) is 17.2. The molecule has 0 saturated carbocycles. The number of allylic oxidation sites excluding steroid dienone is 1. The molecule has 3 nitrogen and oxygen atoms in total. The fourth-order valence-electron chi connectivity index (χ4n) is 2.67. The highest BCUT2D eigenvalue weighted by Gasteiger charge is 2.40. The van der Waals surface area contributed by atoms with Crippen LogP contribution in [0.1, 0.15) is 60.3 Å². The first-order chi connectivity index (χ1) is 9.91. The van der Waals surface area contributed by atoms with Crippen LogP contribution in [0.15, 0.2) is 12.2 Å². The molecule has 1 N–H and O–H groups in total. The lowest BCUT2D eigenvalue weighted by Gasteiger charge is -2.40. The van der Waals surface area contributed by atoms with Crippen molar-refractivity contribution in [2.45, 2.75) is 90.6 Å². The molecule has 3 atom stereocenters. The van der Waals surface area contributed by atoms with Crippen molar-refractivity contribution in [3.8, 4) is 0 Å². The van der Waals surface area contributed by atoms with Gasteiger partial charge in [0.25, 0.3) is 0 Å². The molecule has 0 aromatic heterocycles. The van der Waals surface area contributed by atoms with Crippen LogP contribution in [0.3, 0.4) is 0 Å². The number of carbonyl (C=O) groups excluding carboxylic acids is 1. The largest absolute Gasteiger partial charge is 0.414 e. The summed E-state index contributed by atoms with van der Waals surface area (Å²) in [5, 5.41) is 10.0. The lowest BCUT2D eigenvalue weighted by Crippen LogP contribution is -2.44. The Morgan fingerprint density at radius 2 is 2.05 bits per heavy atom. The summed E-state index contributed by atoms with van der Waals surface area (Å²) in [6.45, 7) is 15.4. The minimum absolute atomic E-state index is 0.139. The number of carbonyl (C=O) groups is 1. The molecule has 1 aliphatic carbocycles. The van der Waals surface area contributed by atoms with Gasteiger partial charge in [-0.05, 0) is 49.9 Å². The highest BCUT2D eigenvalue weighted by molar-refractivity contribution is 6.74. The zero-order valence-electron chi connectivity index (χ0n) is 15.4. The van der Waals surface area contributed by atoms with Gasteiger partial charge in [0.15, 0.2) is 14.1 Å². The monoisotopic (exact) mass is 326 g/mol. The SMILES string of the molecule is CCC(CCC1(C)CC(O)C=CC1=O)O[Si](C)(C)C(C)(C)C. The van der Waals surface area contributed by atoms with Crippen molar-refractivity contribution in [3.63, 3.8) is 0 Å². The number of hydrogen-bond acceptors (Lipinski definition) is 3. The van der Waals surface area contributed by atoms with Crippen LogP contribution in [0, 0.1) is 5.41 Å². The molecule has 4 heteroatoms. The van der Waals surface area contributed by atoms with Crippen LogP contribution in [0.25, 0.3) is 0 Å². The highest BCUT2D eigenvalue weighted by Crippen LogP contribution is 2.40. The van der Waals surface area contributed by atoms with E-state index in [1.165, 1.54) is 0 Å². The molecule has 1 aliphatic rings. The van der Waals surface area contributed by atoms with E-state index in [-0.39, 0.29) is 16.9 Å². The summed E-state index contributed by atoms with van der Waals surface area (Å²) < 4.78 is 6.50. The molecule has 0 spiro atoms. The maximum atomic E-state index is 12.2. The van der Waals surface area contributed by atoms with Gasteiger partial charge in [-0.25, -0.2) is 0 Å². The topological polar surface area (TPSA) is 46.5 Å². The fraction of sp³-hybridized carbons (Fsp3) is 0.833. The predicted octanol–water partition coefficient (Wildman–Crippen LogP) is 4.46. The van der Waals surface area contributed by atoms with Crippen LogP contribution in [0.4, 0.5) is 0 Å². The average Bonchev–Trinajstić information content (AvgIpc) is 2.38. The van der Waals surface area contributed by atoms with Gasteiger partial charge in [0.1, 0.15) is 0 Å². The number of aliphatic hydroxyl groups is 1. The van der Waals surface area contributed by atoms with E-state index < -0.39 is 19.8 Å². The molecule has 0 bridgehead atoms. The van der Waals surface area contributed by atoms with Crippen molar-refractivity contribution >= 4 is 14.1 Å². The molecule has 0 saturated heterocycles. The van der Waals surface area contributed by atoms with Gasteiger partial charge < -0.3 is 9.53 Å². The Morgan fingerprint density at radius 1 is 1.45 bits per heavy atom. The minimum atomic E-state index is -1.78. The Bertz CT molecular complexity index is 423. The smallest absolute Gasteiger partial charge is 0.192 e. The van der Waals surface area contributed by atoms with Gasteiger partial charge in [-0.3, -0.25) is 4.79 Å². The van der Waals surface area contributed by atoms with Crippen molar-refractivity contribution in [1.29, 1.82) is 0 Å². The predicted molar refractivity (Wildman–Crippen MR) is 94.5 cm³/mol. The summed E-state index contributed by atoms with van der Waals surface area (Å²) >= 11 is 0. The first-order valence-electron chi connectivity index (χ1n) is 8.50. The zero-order valence-corrected chi connectivity index (χ0v) is 16.4. The van der Waals surface area contributed by atoms with Crippen LogP contribution in [0.5, 0.6) is 0 Å². The van der Waals surface area contributed by atoms with Gasteiger partial charge in [0.2, 0.25) is 0 Å². The summed E-state index contributed by atoms with van der Waals surface area (Å²) in [4.78, 5) is 12.2. The Labute approximate surface area is 137 Å². The van der Waals surface area contributed by atoms with Crippen molar-refractivity contribution in [2.24, 2.45) is 5.41 Å². The second kappa shape index (κ2) is 6.98. The van der Waals surface area contributed by atoms with Gasteiger partial charge in [-0.15, -0.1) is 0 Å². The molecule has 0 aromatic rings. The summed E-state index contributed by atoms with van der Waals surface area (Å²) in [6.07, 6.45) is 6.01. The Kier molecular flexibility index (Phi) is 6.21. The van der Waals surface area contributed by atoms with Gasteiger partial charge in [0, 0.05) is 11.5 Å². The van der Waals surface area contributed by atoms with Crippen LogP contribution < -0.4 is 0 Å². The van der Waals surface area contributed by atoms with E-state index in [1.54, 1.807) is 12.2 Å². The quantitative estimate of drug-likeness (QED) is 0.733. The van der Waals surface area contributed by atoms with Crippen LogP contribution in [-0.2, 0) is 9.22 Å². The molecule has 1 rings (SSSR count). The van der Waals surface area contributed by atoms with Crippen molar-refractivity contribution in [2.75, 3.05) is 0 Å². The van der Waals surface area contributed by atoms with E-state index in [9.17, 15) is 9.90 Å². The van der Waals surface area contributed by atoms with Crippen molar-refractivity contribution in [3.05, 3.63) is 12.2 Å². The number of rotatable bonds is 6. The number of aliphatic hydroxyl groups excluding tert-OH is 1. The maximum Gasteiger partial charge on any atom is 0.192 e. The Balaban J connectivity index is 2.68. The molecule has 0 radical (unpaired) electrons. The summed E-state index contributed by atoms with van der Waals surface area (Å²) in [7, 11) is -1.78. The molecule has 0 aromatic carbocycles. The Morgan fingerprint density at radius 3 is 2.55 bits per heavy atom. The van der Waals surface area contributed by atoms with Gasteiger partial charge in [-0.2, -0.15) is 0 Å². The molecule has 0 aliphatic heterocycles. The Hall–Kier alpha value is -0.453. The third kappa shape index (κ3) is 4.77. The third-order valence-electron chi connectivity index (χ3n) is 5.47. The standard InChI is InChI=1S/C18H34O3Si/c1-8-15(21-22(6,7)17(2,3)4)11-12-18(5)13-14(19)9-10-16(18)20/h9-10,14-15,19H,8,11-13H2,1-7H3. The lowest BCUT2D eigenvalue weighted by molar-refractivity contribution is -0.126. The highest BCUT2D eigenvalue weighted by atomic mass is 28.4. The number of ketones is 1. The molecule has 22 heavy (non-hydrogen) atoms. The van der Waals surface area contributed by atoms with E-state index >= 15 is 0 Å². The second-order valence-corrected chi connectivity index (χ2v) is 13.3. The summed E-state index contributed by atoms with van der Waals surface area (Å²) in [5.41, 5.74) is -0.446. The third-order valence-corrected chi connectivity index (χ3v) is 10.0. The number of hydrogen-bond donors (Lipinski definition) is 1. The molecule has 0 amide bonds. The first-order valence-corrected chi connectivity index (χ1v) is 11.4. The van der Waals surface area contributed by atoms with Crippen LogP contribution in [-0.4, -0.2) is 31.4 Å².